The summed E-state index contributed by atoms with van der Waals surface area (Å²) in [6, 6.07) is 5.04. The SMILES string of the molecule is COc1ccc(NC(=O)CCSc2nnnn2C)cc1NC(C)=O. The maximum atomic E-state index is 12.0. The predicted octanol–water partition coefficient (Wildman–Crippen LogP) is 1.30. The van der Waals surface area contributed by atoms with Gasteiger partial charge in [0.25, 0.3) is 0 Å². The quantitative estimate of drug-likeness (QED) is 0.724. The Morgan fingerprint density at radius 3 is 2.75 bits per heavy atom. The Bertz CT molecular complexity index is 733. The van der Waals surface area contributed by atoms with Crippen LogP contribution in [0.3, 0.4) is 0 Å². The molecule has 1 aromatic heterocycles. The van der Waals surface area contributed by atoms with Gasteiger partial charge in [-0.1, -0.05) is 11.8 Å². The van der Waals surface area contributed by atoms with Crippen LogP contribution in [0.4, 0.5) is 11.4 Å². The molecule has 10 heteroatoms. The van der Waals surface area contributed by atoms with Crippen molar-refractivity contribution in [3.63, 3.8) is 0 Å². The summed E-state index contributed by atoms with van der Waals surface area (Å²) in [6.45, 7) is 1.41. The number of nitrogens with one attached hydrogen (secondary N) is 2. The number of anilines is 2. The van der Waals surface area contributed by atoms with Crippen molar-refractivity contribution in [1.82, 2.24) is 20.2 Å². The van der Waals surface area contributed by atoms with Gasteiger partial charge < -0.3 is 15.4 Å². The molecule has 0 fully saturated rings. The molecule has 24 heavy (non-hydrogen) atoms. The van der Waals surface area contributed by atoms with Gasteiger partial charge >= 0.3 is 0 Å². The molecule has 0 unspecified atom stereocenters. The first-order valence-corrected chi connectivity index (χ1v) is 8.09. The van der Waals surface area contributed by atoms with Crippen LogP contribution in [0.25, 0.3) is 0 Å². The van der Waals surface area contributed by atoms with E-state index >= 15 is 0 Å². The highest BCUT2D eigenvalue weighted by Crippen LogP contribution is 2.28. The molecule has 0 bridgehead atoms. The molecule has 0 saturated heterocycles. The van der Waals surface area contributed by atoms with Crippen molar-refractivity contribution in [1.29, 1.82) is 0 Å². The Morgan fingerprint density at radius 2 is 2.12 bits per heavy atom. The maximum absolute atomic E-state index is 12.0. The lowest BCUT2D eigenvalue weighted by Crippen LogP contribution is -2.13. The number of rotatable bonds is 7. The molecule has 0 saturated carbocycles. The second-order valence-electron chi connectivity index (χ2n) is 4.83. The minimum atomic E-state index is -0.217. The Morgan fingerprint density at radius 1 is 1.33 bits per heavy atom. The summed E-state index contributed by atoms with van der Waals surface area (Å²) >= 11 is 1.40. The van der Waals surface area contributed by atoms with Crippen LogP contribution in [-0.2, 0) is 16.6 Å². The van der Waals surface area contributed by atoms with Gasteiger partial charge in [0.2, 0.25) is 17.0 Å². The second-order valence-corrected chi connectivity index (χ2v) is 5.89. The van der Waals surface area contributed by atoms with Crippen LogP contribution < -0.4 is 15.4 Å². The number of methoxy groups -OCH3 is 1. The van der Waals surface area contributed by atoms with Crippen molar-refractivity contribution in [2.24, 2.45) is 7.05 Å². The number of benzene rings is 1. The van der Waals surface area contributed by atoms with E-state index < -0.39 is 0 Å². The minimum Gasteiger partial charge on any atom is -0.495 e. The van der Waals surface area contributed by atoms with Gasteiger partial charge in [-0.3, -0.25) is 9.59 Å². The summed E-state index contributed by atoms with van der Waals surface area (Å²) in [5.74, 6) is 0.713. The van der Waals surface area contributed by atoms with Crippen molar-refractivity contribution in [2.45, 2.75) is 18.5 Å². The molecule has 2 aromatic rings. The number of aromatic nitrogens is 4. The molecule has 0 spiro atoms. The van der Waals surface area contributed by atoms with Crippen molar-refractivity contribution in [3.8, 4) is 5.75 Å². The predicted molar refractivity (Wildman–Crippen MR) is 90.1 cm³/mol. The molecule has 9 nitrogen and oxygen atoms in total. The zero-order valence-electron chi connectivity index (χ0n) is 13.6. The molecule has 128 valence electrons. The van der Waals surface area contributed by atoms with E-state index in [9.17, 15) is 9.59 Å². The third-order valence-corrected chi connectivity index (χ3v) is 3.95. The molecular formula is C14H18N6O3S. The minimum absolute atomic E-state index is 0.142. The van der Waals surface area contributed by atoms with E-state index in [-0.39, 0.29) is 11.8 Å². The summed E-state index contributed by atoms with van der Waals surface area (Å²) in [7, 11) is 3.25. The number of hydrogen-bond donors (Lipinski definition) is 2. The van der Waals surface area contributed by atoms with Crippen molar-refractivity contribution in [3.05, 3.63) is 18.2 Å². The molecule has 0 radical (unpaired) electrons. The van der Waals surface area contributed by atoms with Gasteiger partial charge in [0.15, 0.2) is 0 Å². The first kappa shape index (κ1) is 17.7. The first-order valence-electron chi connectivity index (χ1n) is 7.10. The topological polar surface area (TPSA) is 111 Å². The number of carbonyl (C=O) groups excluding carboxylic acids is 2. The fourth-order valence-corrected chi connectivity index (χ4v) is 2.66. The normalized spacial score (nSPS) is 10.3. The smallest absolute Gasteiger partial charge is 0.225 e. The molecule has 0 atom stereocenters. The van der Waals surface area contributed by atoms with Crippen molar-refractivity contribution in [2.75, 3.05) is 23.5 Å². The van der Waals surface area contributed by atoms with E-state index in [4.69, 9.17) is 4.74 Å². The third-order valence-electron chi connectivity index (χ3n) is 2.94. The van der Waals surface area contributed by atoms with E-state index in [1.807, 2.05) is 0 Å². The average molecular weight is 350 g/mol. The molecule has 0 aliphatic heterocycles. The lowest BCUT2D eigenvalue weighted by atomic mass is 10.2. The molecule has 0 aliphatic carbocycles. The van der Waals surface area contributed by atoms with Gasteiger partial charge in [-0.2, -0.15) is 0 Å². The largest absolute Gasteiger partial charge is 0.495 e. The van der Waals surface area contributed by atoms with Crippen LogP contribution in [0.1, 0.15) is 13.3 Å². The number of ether oxygens (including phenoxy) is 1. The third kappa shape index (κ3) is 4.95. The number of hydrogen-bond acceptors (Lipinski definition) is 7. The van der Waals surface area contributed by atoms with Gasteiger partial charge in [-0.25, -0.2) is 4.68 Å². The van der Waals surface area contributed by atoms with Crippen LogP contribution in [0.15, 0.2) is 23.4 Å². The second kappa shape index (κ2) is 8.29. The summed E-state index contributed by atoms with van der Waals surface area (Å²) < 4.78 is 6.72. The molecule has 1 heterocycles. The highest BCUT2D eigenvalue weighted by atomic mass is 32.2. The number of nitrogens with zero attached hydrogens (tertiary/aromatic N) is 4. The number of amides is 2. The Kier molecular flexibility index (Phi) is 6.13. The lowest BCUT2D eigenvalue weighted by Gasteiger charge is -2.11. The molecule has 2 N–H and O–H groups in total. The fourth-order valence-electron chi connectivity index (χ4n) is 1.88. The monoisotopic (exact) mass is 350 g/mol. The molecule has 2 rings (SSSR count). The van der Waals surface area contributed by atoms with E-state index in [2.05, 4.69) is 26.2 Å². The summed E-state index contributed by atoms with van der Waals surface area (Å²) in [5.41, 5.74) is 1.08. The molecule has 2 amide bonds. The fraction of sp³-hybridized carbons (Fsp3) is 0.357. The maximum Gasteiger partial charge on any atom is 0.225 e. The van der Waals surface area contributed by atoms with Crippen LogP contribution in [0.5, 0.6) is 5.75 Å². The van der Waals surface area contributed by atoms with E-state index in [1.165, 1.54) is 25.8 Å². The summed E-state index contributed by atoms with van der Waals surface area (Å²) in [5, 5.41) is 17.2. The van der Waals surface area contributed by atoms with Gasteiger partial charge in [0.1, 0.15) is 5.75 Å². The number of carbonyl (C=O) groups is 2. The standard InChI is InChI=1S/C14H18N6O3S/c1-9(21)15-11-8-10(4-5-12(11)23-3)16-13(22)6-7-24-14-17-18-19-20(14)2/h4-5,8H,6-7H2,1-3H3,(H,15,21)(H,16,22). The van der Waals surface area contributed by atoms with E-state index in [0.717, 1.165) is 0 Å². The highest BCUT2D eigenvalue weighted by Gasteiger charge is 2.09. The number of aryl methyl sites for hydroxylation is 1. The van der Waals surface area contributed by atoms with Gasteiger partial charge in [-0.05, 0) is 28.6 Å². The molecular weight excluding hydrogens is 332 g/mol. The Balaban J connectivity index is 1.91. The average Bonchev–Trinajstić information content (AvgIpc) is 2.92. The van der Waals surface area contributed by atoms with Crippen LogP contribution in [0, 0.1) is 0 Å². The van der Waals surface area contributed by atoms with E-state index in [1.54, 1.807) is 29.9 Å². The molecule has 0 aliphatic rings. The van der Waals surface area contributed by atoms with Crippen molar-refractivity contribution < 1.29 is 14.3 Å². The van der Waals surface area contributed by atoms with Crippen LogP contribution in [-0.4, -0.2) is 44.9 Å². The highest BCUT2D eigenvalue weighted by molar-refractivity contribution is 7.99. The van der Waals surface area contributed by atoms with E-state index in [0.29, 0.717) is 34.5 Å². The van der Waals surface area contributed by atoms with Crippen molar-refractivity contribution >= 4 is 35.0 Å². The summed E-state index contributed by atoms with van der Waals surface area (Å²) in [6.07, 6.45) is 0.305. The zero-order valence-corrected chi connectivity index (χ0v) is 14.4. The van der Waals surface area contributed by atoms with Crippen LogP contribution >= 0.6 is 11.8 Å². The number of thioether (sulfide) groups is 1. The molecule has 1 aromatic carbocycles. The lowest BCUT2D eigenvalue weighted by molar-refractivity contribution is -0.116. The summed E-state index contributed by atoms with van der Waals surface area (Å²) in [4.78, 5) is 23.2. The van der Waals surface area contributed by atoms with Gasteiger partial charge in [0.05, 0.1) is 12.8 Å². The van der Waals surface area contributed by atoms with Gasteiger partial charge in [0, 0.05) is 31.8 Å². The Labute approximate surface area is 143 Å². The Hall–Kier alpha value is -2.62. The van der Waals surface area contributed by atoms with Gasteiger partial charge in [-0.15, -0.1) is 5.10 Å². The van der Waals surface area contributed by atoms with Crippen LogP contribution in [0.2, 0.25) is 0 Å². The first-order chi connectivity index (χ1) is 11.5. The number of tetrazole rings is 1. The zero-order chi connectivity index (χ0) is 17.5.